The van der Waals surface area contributed by atoms with Gasteiger partial charge in [0.15, 0.2) is 6.29 Å². The van der Waals surface area contributed by atoms with Crippen LogP contribution in [-0.2, 0) is 0 Å². The Morgan fingerprint density at radius 3 is 2.61 bits per heavy atom. The lowest BCUT2D eigenvalue weighted by atomic mass is 10.1. The predicted molar refractivity (Wildman–Crippen MR) is 98.2 cm³/mol. The van der Waals surface area contributed by atoms with Crippen molar-refractivity contribution in [2.45, 2.75) is 6.92 Å². The maximum atomic E-state index is 12.4. The minimum Gasteiger partial charge on any atom is -0.421 e. The van der Waals surface area contributed by atoms with Crippen molar-refractivity contribution < 1.29 is 14.3 Å². The largest absolute Gasteiger partial charge is 0.421 e. The number of rotatable bonds is 3. The number of halogens is 1. The van der Waals surface area contributed by atoms with Gasteiger partial charge in [-0.2, -0.15) is 0 Å². The third-order valence-corrected chi connectivity index (χ3v) is 4.80. The van der Waals surface area contributed by atoms with Gasteiger partial charge in [-0.05, 0) is 58.7 Å². The SMILES string of the molecule is Cc1ccc(C(=O)Oc2c(C=O)ccc3ccccc23)cc1I. The van der Waals surface area contributed by atoms with Gasteiger partial charge in [0.2, 0.25) is 0 Å². The number of hydrogen-bond acceptors (Lipinski definition) is 3. The summed E-state index contributed by atoms with van der Waals surface area (Å²) >= 11 is 2.18. The van der Waals surface area contributed by atoms with E-state index in [2.05, 4.69) is 22.6 Å². The van der Waals surface area contributed by atoms with Gasteiger partial charge in [-0.25, -0.2) is 4.79 Å². The number of aryl methyl sites for hydroxylation is 1. The molecular weight excluding hydrogens is 403 g/mol. The summed E-state index contributed by atoms with van der Waals surface area (Å²) in [5.74, 6) is -0.166. The fourth-order valence-corrected chi connectivity index (χ4v) is 2.85. The molecule has 23 heavy (non-hydrogen) atoms. The minimum atomic E-state index is -0.470. The Labute approximate surface area is 147 Å². The van der Waals surface area contributed by atoms with Crippen molar-refractivity contribution in [3.8, 4) is 5.75 Å². The van der Waals surface area contributed by atoms with E-state index in [1.165, 1.54) is 0 Å². The Kier molecular flexibility index (Phi) is 4.43. The number of carbonyl (C=O) groups excluding carboxylic acids is 2. The van der Waals surface area contributed by atoms with Crippen LogP contribution in [-0.4, -0.2) is 12.3 Å². The molecule has 0 heterocycles. The molecule has 0 bridgehead atoms. The molecule has 0 aliphatic rings. The average Bonchev–Trinajstić information content (AvgIpc) is 2.57. The van der Waals surface area contributed by atoms with Crippen LogP contribution in [0.1, 0.15) is 26.3 Å². The van der Waals surface area contributed by atoms with Gasteiger partial charge >= 0.3 is 5.97 Å². The average molecular weight is 416 g/mol. The van der Waals surface area contributed by atoms with Crippen LogP contribution in [0.5, 0.6) is 5.75 Å². The van der Waals surface area contributed by atoms with E-state index < -0.39 is 5.97 Å². The summed E-state index contributed by atoms with van der Waals surface area (Å²) in [7, 11) is 0. The lowest BCUT2D eigenvalue weighted by molar-refractivity contribution is 0.0736. The molecule has 0 saturated carbocycles. The van der Waals surface area contributed by atoms with E-state index in [9.17, 15) is 9.59 Å². The van der Waals surface area contributed by atoms with E-state index in [4.69, 9.17) is 4.74 Å². The fourth-order valence-electron chi connectivity index (χ4n) is 2.34. The summed E-state index contributed by atoms with van der Waals surface area (Å²) in [4.78, 5) is 23.7. The first-order chi connectivity index (χ1) is 11.1. The molecule has 4 heteroatoms. The third kappa shape index (κ3) is 3.12. The summed E-state index contributed by atoms with van der Waals surface area (Å²) in [6, 6.07) is 16.4. The lowest BCUT2D eigenvalue weighted by Gasteiger charge is -2.11. The smallest absolute Gasteiger partial charge is 0.343 e. The number of carbonyl (C=O) groups is 2. The Morgan fingerprint density at radius 1 is 1.09 bits per heavy atom. The monoisotopic (exact) mass is 416 g/mol. The first-order valence-electron chi connectivity index (χ1n) is 7.05. The molecule has 0 unspecified atom stereocenters. The van der Waals surface area contributed by atoms with Gasteiger partial charge in [-0.3, -0.25) is 4.79 Å². The lowest BCUT2D eigenvalue weighted by Crippen LogP contribution is -2.10. The van der Waals surface area contributed by atoms with Gasteiger partial charge in [0.1, 0.15) is 5.75 Å². The number of esters is 1. The van der Waals surface area contributed by atoms with Crippen LogP contribution >= 0.6 is 22.6 Å². The highest BCUT2D eigenvalue weighted by molar-refractivity contribution is 14.1. The number of fused-ring (bicyclic) bond motifs is 1. The van der Waals surface area contributed by atoms with Crippen molar-refractivity contribution >= 4 is 45.6 Å². The number of benzene rings is 3. The second kappa shape index (κ2) is 6.50. The molecule has 0 saturated heterocycles. The van der Waals surface area contributed by atoms with Crippen LogP contribution in [0.25, 0.3) is 10.8 Å². The maximum Gasteiger partial charge on any atom is 0.343 e. The number of aldehydes is 1. The van der Waals surface area contributed by atoms with Crippen molar-refractivity contribution in [3.05, 3.63) is 74.9 Å². The summed E-state index contributed by atoms with van der Waals surface area (Å²) in [6.45, 7) is 1.98. The fraction of sp³-hybridized carbons (Fsp3) is 0.0526. The molecule has 0 N–H and O–H groups in total. The van der Waals surface area contributed by atoms with Crippen LogP contribution in [0.15, 0.2) is 54.6 Å². The van der Waals surface area contributed by atoms with Gasteiger partial charge in [0, 0.05) is 8.96 Å². The highest BCUT2D eigenvalue weighted by Gasteiger charge is 2.15. The highest BCUT2D eigenvalue weighted by atomic mass is 127. The van der Waals surface area contributed by atoms with Crippen molar-refractivity contribution in [1.82, 2.24) is 0 Å². The molecular formula is C19H13IO3. The molecule has 0 aromatic heterocycles. The Bertz CT molecular complexity index is 916. The summed E-state index contributed by atoms with van der Waals surface area (Å²) in [5, 5.41) is 1.66. The molecule has 0 fully saturated rings. The first kappa shape index (κ1) is 15.7. The van der Waals surface area contributed by atoms with Gasteiger partial charge < -0.3 is 4.74 Å². The van der Waals surface area contributed by atoms with Gasteiger partial charge in [0.25, 0.3) is 0 Å². The normalized spacial score (nSPS) is 10.5. The van der Waals surface area contributed by atoms with E-state index in [1.807, 2.05) is 43.3 Å². The zero-order chi connectivity index (χ0) is 16.4. The molecule has 3 rings (SSSR count). The summed E-state index contributed by atoms with van der Waals surface area (Å²) in [5.41, 5.74) is 1.92. The van der Waals surface area contributed by atoms with Crippen LogP contribution in [0.2, 0.25) is 0 Å². The maximum absolute atomic E-state index is 12.4. The topological polar surface area (TPSA) is 43.4 Å². The van der Waals surface area contributed by atoms with E-state index in [-0.39, 0.29) is 0 Å². The Hall–Kier alpha value is -2.21. The van der Waals surface area contributed by atoms with Crippen molar-refractivity contribution in [1.29, 1.82) is 0 Å². The van der Waals surface area contributed by atoms with Crippen molar-refractivity contribution in [3.63, 3.8) is 0 Å². The van der Waals surface area contributed by atoms with Crippen LogP contribution in [0.3, 0.4) is 0 Å². The second-order valence-electron chi connectivity index (χ2n) is 5.18. The van der Waals surface area contributed by atoms with E-state index >= 15 is 0 Å². The zero-order valence-electron chi connectivity index (χ0n) is 12.4. The van der Waals surface area contributed by atoms with Gasteiger partial charge in [0.05, 0.1) is 11.1 Å². The molecule has 0 atom stereocenters. The van der Waals surface area contributed by atoms with E-state index in [1.54, 1.807) is 18.2 Å². The standard InChI is InChI=1S/C19H13IO3/c1-12-6-7-14(10-17(12)20)19(22)23-18-15(11-21)9-8-13-4-2-3-5-16(13)18/h2-11H,1H3. The summed E-state index contributed by atoms with van der Waals surface area (Å²) in [6.07, 6.45) is 0.702. The molecule has 0 amide bonds. The Morgan fingerprint density at radius 2 is 1.87 bits per heavy atom. The van der Waals surface area contributed by atoms with E-state index in [0.29, 0.717) is 23.2 Å². The molecule has 0 spiro atoms. The first-order valence-corrected chi connectivity index (χ1v) is 8.13. The molecule has 3 aromatic carbocycles. The summed E-state index contributed by atoms with van der Waals surface area (Å²) < 4.78 is 6.55. The van der Waals surface area contributed by atoms with Crippen LogP contribution in [0.4, 0.5) is 0 Å². The third-order valence-electron chi connectivity index (χ3n) is 3.64. The van der Waals surface area contributed by atoms with E-state index in [0.717, 1.165) is 19.9 Å². The minimum absolute atomic E-state index is 0.304. The van der Waals surface area contributed by atoms with Gasteiger partial charge in [-0.15, -0.1) is 0 Å². The highest BCUT2D eigenvalue weighted by Crippen LogP contribution is 2.30. The second-order valence-corrected chi connectivity index (χ2v) is 6.34. The molecule has 3 aromatic rings. The zero-order valence-corrected chi connectivity index (χ0v) is 14.5. The molecule has 3 nitrogen and oxygen atoms in total. The van der Waals surface area contributed by atoms with Gasteiger partial charge in [-0.1, -0.05) is 36.4 Å². The molecule has 0 radical (unpaired) electrons. The van der Waals surface area contributed by atoms with Crippen molar-refractivity contribution in [2.75, 3.05) is 0 Å². The quantitative estimate of drug-likeness (QED) is 0.267. The molecule has 114 valence electrons. The Balaban J connectivity index is 2.04. The van der Waals surface area contributed by atoms with Crippen molar-refractivity contribution in [2.24, 2.45) is 0 Å². The molecule has 0 aliphatic heterocycles. The molecule has 0 aliphatic carbocycles. The number of hydrogen-bond donors (Lipinski definition) is 0. The number of ether oxygens (including phenoxy) is 1. The predicted octanol–water partition coefficient (Wildman–Crippen LogP) is 4.78. The van der Waals surface area contributed by atoms with Crippen LogP contribution in [0, 0.1) is 10.5 Å². The van der Waals surface area contributed by atoms with Crippen LogP contribution < -0.4 is 4.74 Å².